The number of urea groups is 1. The van der Waals surface area contributed by atoms with E-state index in [1.807, 2.05) is 6.07 Å². The third-order valence-corrected chi connectivity index (χ3v) is 15.5. The molecule has 21 heteroatoms. The molecule has 5 fully saturated rings. The van der Waals surface area contributed by atoms with E-state index in [0.29, 0.717) is 47.1 Å². The van der Waals surface area contributed by atoms with Crippen LogP contribution in [0.4, 0.5) is 35.2 Å². The maximum absolute atomic E-state index is 15.8. The van der Waals surface area contributed by atoms with Gasteiger partial charge in [0.25, 0.3) is 5.56 Å². The van der Waals surface area contributed by atoms with Crippen molar-refractivity contribution in [3.05, 3.63) is 76.3 Å². The average molecular weight is 914 g/mol. The van der Waals surface area contributed by atoms with Gasteiger partial charge in [-0.05, 0) is 106 Å². The first-order chi connectivity index (χ1) is 31.2. The first-order valence-corrected chi connectivity index (χ1v) is 23.2. The summed E-state index contributed by atoms with van der Waals surface area (Å²) in [7, 11) is -2.48. The second-order valence-electron chi connectivity index (χ2n) is 17.8. The number of nitriles is 1. The highest BCUT2D eigenvalue weighted by atomic mass is 32.2. The number of hydrogen-bond acceptors (Lipinski definition) is 11. The third kappa shape index (κ3) is 7.80. The Morgan fingerprint density at radius 3 is 2.40 bits per heavy atom. The van der Waals surface area contributed by atoms with Crippen molar-refractivity contribution in [1.82, 2.24) is 33.9 Å². The Morgan fingerprint density at radius 1 is 0.923 bits per heavy atom. The van der Waals surface area contributed by atoms with Gasteiger partial charge < -0.3 is 14.5 Å². The van der Waals surface area contributed by atoms with Gasteiger partial charge in [-0.3, -0.25) is 33.8 Å². The second-order valence-corrected chi connectivity index (χ2v) is 19.5. The lowest BCUT2D eigenvalue weighted by Gasteiger charge is -2.54. The summed E-state index contributed by atoms with van der Waals surface area (Å²) in [5.41, 5.74) is 0.768. The molecule has 3 amide bonds. The zero-order valence-electron chi connectivity index (χ0n) is 35.5. The van der Waals surface area contributed by atoms with E-state index in [0.717, 1.165) is 68.1 Å². The molecule has 3 aromatic carbocycles. The van der Waals surface area contributed by atoms with Gasteiger partial charge in [0.1, 0.15) is 29.4 Å². The summed E-state index contributed by atoms with van der Waals surface area (Å²) in [5.74, 6) is -1.83. The number of anilines is 3. The van der Waals surface area contributed by atoms with Crippen molar-refractivity contribution in [3.8, 4) is 17.6 Å². The van der Waals surface area contributed by atoms with E-state index in [-0.39, 0.29) is 78.0 Å². The number of rotatable bonds is 9. The molecular weight excluding hydrogens is 868 g/mol. The van der Waals surface area contributed by atoms with E-state index in [9.17, 15) is 32.5 Å². The van der Waals surface area contributed by atoms with Gasteiger partial charge in [0, 0.05) is 63.7 Å². The number of hydrogen-bond donors (Lipinski definition) is 2. The van der Waals surface area contributed by atoms with Crippen LogP contribution in [-0.2, 0) is 22.1 Å². The van der Waals surface area contributed by atoms with Gasteiger partial charge in [0.05, 0.1) is 34.1 Å². The van der Waals surface area contributed by atoms with Crippen LogP contribution in [-0.4, -0.2) is 107 Å². The number of piperidine rings is 2. The molecule has 0 radical (unpaired) electrons. The van der Waals surface area contributed by atoms with Crippen molar-refractivity contribution in [2.45, 2.75) is 69.6 Å². The molecular formula is C44H46F3N11O6S. The van der Waals surface area contributed by atoms with Gasteiger partial charge in [-0.1, -0.05) is 0 Å². The van der Waals surface area contributed by atoms with E-state index >= 15 is 8.78 Å². The molecule has 4 aliphatic heterocycles. The number of ether oxygens (including phenoxy) is 1. The fourth-order valence-corrected chi connectivity index (χ4v) is 11.6. The van der Waals surface area contributed by atoms with Gasteiger partial charge >= 0.3 is 16.2 Å². The number of likely N-dealkylation sites (tertiary alicyclic amines) is 1. The molecule has 340 valence electrons. The maximum Gasteiger partial charge on any atom is 0.329 e. The van der Waals surface area contributed by atoms with Crippen molar-refractivity contribution in [2.24, 2.45) is 12.5 Å². The Bertz CT molecular complexity index is 2970. The van der Waals surface area contributed by atoms with Gasteiger partial charge in [-0.15, -0.1) is 0 Å². The standard InChI is InChI=1S/C44H46F3N11O6S/c1-53-37-20-38(34(47)19-31(37)41(51-53)57-15-9-39(59)50-43(57)61)55-12-7-27(8-13-55)54-16-10-44(11-17-54)21-28(22-44)58-25-49-35-4-2-29(18-30(35)42(58)60)64-40-32(23-48)36(5-3-33(40)46)52-65(62,63)56-14-6-26(45)24-56/h2-5,18-20,25-28,52H,6-17,21-22,24H2,1H3,(H,50,59,61). The van der Waals surface area contributed by atoms with Gasteiger partial charge in [-0.2, -0.15) is 23.1 Å². The molecule has 10 rings (SSSR count). The molecule has 1 aliphatic carbocycles. The molecule has 1 atom stereocenters. The molecule has 1 spiro atoms. The fraction of sp³-hybridized carbons (Fsp3) is 0.455. The van der Waals surface area contributed by atoms with Crippen LogP contribution in [0.25, 0.3) is 21.8 Å². The summed E-state index contributed by atoms with van der Waals surface area (Å²) in [6.45, 7) is 3.04. The van der Waals surface area contributed by atoms with Crippen molar-refractivity contribution in [1.29, 1.82) is 5.26 Å². The quantitative estimate of drug-likeness (QED) is 0.191. The lowest BCUT2D eigenvalue weighted by Crippen LogP contribution is -2.53. The summed E-state index contributed by atoms with van der Waals surface area (Å²) in [4.78, 5) is 48.7. The normalized spacial score (nSPS) is 21.2. The van der Waals surface area contributed by atoms with Crippen LogP contribution in [0.2, 0.25) is 0 Å². The summed E-state index contributed by atoms with van der Waals surface area (Å²) >= 11 is 0. The predicted molar refractivity (Wildman–Crippen MR) is 234 cm³/mol. The Morgan fingerprint density at radius 2 is 1.69 bits per heavy atom. The topological polar surface area (TPSA) is 191 Å². The number of aryl methyl sites for hydroxylation is 1. The minimum atomic E-state index is -4.24. The number of aromatic nitrogens is 4. The van der Waals surface area contributed by atoms with Crippen LogP contribution in [0.5, 0.6) is 11.5 Å². The number of nitrogens with one attached hydrogen (secondary N) is 2. The largest absolute Gasteiger partial charge is 0.453 e. The van der Waals surface area contributed by atoms with Crippen LogP contribution in [0.15, 0.2) is 53.6 Å². The zero-order chi connectivity index (χ0) is 45.4. The van der Waals surface area contributed by atoms with E-state index in [2.05, 4.69) is 29.9 Å². The SMILES string of the molecule is Cn1nc(N2CCC(=O)NC2=O)c2cc(F)c(N3CCC(N4CCC5(CC4)CC(n4cnc6ccc(Oc7c(F)ccc(NS(=O)(=O)N8CCC(F)C8)c7C#N)cc6c4=O)C5)CC3)cc21. The molecule has 4 saturated heterocycles. The van der Waals surface area contributed by atoms with Crippen molar-refractivity contribution >= 4 is 61.1 Å². The second kappa shape index (κ2) is 16.3. The fourth-order valence-electron chi connectivity index (χ4n) is 10.4. The molecule has 6 heterocycles. The highest BCUT2D eigenvalue weighted by molar-refractivity contribution is 7.90. The van der Waals surface area contributed by atoms with Crippen molar-refractivity contribution in [2.75, 3.05) is 60.3 Å². The minimum absolute atomic E-state index is 0.0368. The van der Waals surface area contributed by atoms with E-state index < -0.39 is 39.5 Å². The lowest BCUT2D eigenvalue weighted by molar-refractivity contribution is -0.120. The molecule has 5 aromatic rings. The van der Waals surface area contributed by atoms with Crippen LogP contribution in [0.1, 0.15) is 63.0 Å². The smallest absolute Gasteiger partial charge is 0.329 e. The summed E-state index contributed by atoms with van der Waals surface area (Å²) < 4.78 is 82.8. The number of alkyl halides is 1. The Balaban J connectivity index is 0.762. The zero-order valence-corrected chi connectivity index (χ0v) is 36.3. The van der Waals surface area contributed by atoms with Crippen molar-refractivity contribution < 1.29 is 35.9 Å². The van der Waals surface area contributed by atoms with Crippen LogP contribution in [0.3, 0.4) is 0 Å². The molecule has 65 heavy (non-hydrogen) atoms. The van der Waals surface area contributed by atoms with Gasteiger partial charge in [0.15, 0.2) is 17.4 Å². The molecule has 2 N–H and O–H groups in total. The Labute approximate surface area is 371 Å². The molecule has 5 aliphatic rings. The Kier molecular flexibility index (Phi) is 10.7. The number of benzene rings is 3. The first-order valence-electron chi connectivity index (χ1n) is 21.8. The van der Waals surface area contributed by atoms with E-state index in [1.165, 1.54) is 23.1 Å². The van der Waals surface area contributed by atoms with E-state index in [4.69, 9.17) is 4.74 Å². The van der Waals surface area contributed by atoms with Gasteiger partial charge in [0.2, 0.25) is 5.91 Å². The number of amides is 3. The number of fused-ring (bicyclic) bond motifs is 2. The lowest BCUT2D eigenvalue weighted by atomic mass is 9.60. The summed E-state index contributed by atoms with van der Waals surface area (Å²) in [5, 5.41) is 17.5. The number of imide groups is 1. The molecule has 1 saturated carbocycles. The average Bonchev–Trinajstić information content (AvgIpc) is 3.86. The monoisotopic (exact) mass is 913 g/mol. The number of carbonyl (C=O) groups excluding carboxylic acids is 2. The number of carbonyl (C=O) groups is 2. The maximum atomic E-state index is 15.8. The molecule has 0 bridgehead atoms. The van der Waals surface area contributed by atoms with Crippen LogP contribution in [0, 0.1) is 28.4 Å². The first kappa shape index (κ1) is 42.7. The van der Waals surface area contributed by atoms with Crippen LogP contribution < -0.4 is 30.1 Å². The molecule has 17 nitrogen and oxygen atoms in total. The predicted octanol–water partition coefficient (Wildman–Crippen LogP) is 5.46. The summed E-state index contributed by atoms with van der Waals surface area (Å²) in [6, 6.07) is 11.3. The summed E-state index contributed by atoms with van der Waals surface area (Å²) in [6.07, 6.45) is 5.83. The minimum Gasteiger partial charge on any atom is -0.453 e. The molecule has 1 unspecified atom stereocenters. The number of halogens is 3. The number of nitrogens with zero attached hydrogens (tertiary/aromatic N) is 9. The van der Waals surface area contributed by atoms with Crippen molar-refractivity contribution in [3.63, 3.8) is 0 Å². The molecule has 2 aromatic heterocycles. The third-order valence-electron chi connectivity index (χ3n) is 14.0. The van der Waals surface area contributed by atoms with Crippen LogP contribution >= 0.6 is 0 Å². The van der Waals surface area contributed by atoms with Gasteiger partial charge in [-0.25, -0.2) is 22.9 Å². The highest BCUT2D eigenvalue weighted by Crippen LogP contribution is 2.55. The van der Waals surface area contributed by atoms with E-state index in [1.54, 1.807) is 34.8 Å². The Hall–Kier alpha value is -6.24. The highest BCUT2D eigenvalue weighted by Gasteiger charge is 2.48.